The average molecular weight is 351 g/mol. The Bertz CT molecular complexity index is 908. The van der Waals surface area contributed by atoms with E-state index in [1.165, 1.54) is 36.5 Å². The fraction of sp³-hybridized carbons (Fsp3) is 0.391. The molecule has 0 aliphatic heterocycles. The number of rotatable bonds is 5. The third kappa shape index (κ3) is 4.40. The van der Waals surface area contributed by atoms with Gasteiger partial charge in [0.15, 0.2) is 0 Å². The van der Waals surface area contributed by atoms with Crippen molar-refractivity contribution in [2.75, 3.05) is 0 Å². The molecule has 1 aliphatic carbocycles. The fourth-order valence-electron chi connectivity index (χ4n) is 3.43. The summed E-state index contributed by atoms with van der Waals surface area (Å²) in [6.45, 7) is 10.7. The molecule has 1 aliphatic rings. The van der Waals surface area contributed by atoms with Crippen LogP contribution in [0.3, 0.4) is 0 Å². The number of hydrogen-bond donors (Lipinski definition) is 0. The molecule has 0 N–H and O–H groups in total. The first-order valence-electron chi connectivity index (χ1n) is 9.05. The summed E-state index contributed by atoms with van der Waals surface area (Å²) in [6, 6.07) is 0. The van der Waals surface area contributed by atoms with Crippen LogP contribution in [0.25, 0.3) is 6.08 Å². The van der Waals surface area contributed by atoms with Gasteiger partial charge in [-0.25, -0.2) is 0 Å². The molecule has 1 aromatic rings. The van der Waals surface area contributed by atoms with Gasteiger partial charge in [-0.3, -0.25) is 9.59 Å². The average Bonchev–Trinajstić information content (AvgIpc) is 2.57. The molecule has 0 saturated heterocycles. The van der Waals surface area contributed by atoms with Crippen LogP contribution in [0, 0.1) is 5.41 Å². The van der Waals surface area contributed by atoms with E-state index in [1.807, 2.05) is 25.2 Å². The standard InChI is InChI=1S/C23H28O3/c1-15(11-12-19-17(3)10-7-13-23(19,4)5)8-6-9-16(2)14-18-20(24)22(26)21(18)25/h6,8-9,11-12,14,24H,7,10,13H2,1-5H3/p-1/b9-6+,12-11+,15-8+,16-14+. The highest BCUT2D eigenvalue weighted by molar-refractivity contribution is 5.63. The van der Waals surface area contributed by atoms with E-state index in [2.05, 4.69) is 32.9 Å². The molecule has 0 atom stereocenters. The van der Waals surface area contributed by atoms with Gasteiger partial charge in [0.25, 0.3) is 0 Å². The van der Waals surface area contributed by atoms with Crippen LogP contribution in [-0.4, -0.2) is 0 Å². The van der Waals surface area contributed by atoms with Crippen LogP contribution in [-0.2, 0) is 0 Å². The van der Waals surface area contributed by atoms with Crippen molar-refractivity contribution in [2.45, 2.75) is 53.9 Å². The Balaban J connectivity index is 2.07. The minimum Gasteiger partial charge on any atom is -0.869 e. The summed E-state index contributed by atoms with van der Waals surface area (Å²) in [7, 11) is 0. The molecule has 26 heavy (non-hydrogen) atoms. The summed E-state index contributed by atoms with van der Waals surface area (Å²) in [5.74, 6) is -0.684. The van der Waals surface area contributed by atoms with Crippen LogP contribution in [0.4, 0.5) is 0 Å². The maximum absolute atomic E-state index is 11.3. The van der Waals surface area contributed by atoms with Crippen LogP contribution in [0.2, 0.25) is 0 Å². The van der Waals surface area contributed by atoms with Gasteiger partial charge in [0, 0.05) is 5.56 Å². The minimum absolute atomic E-state index is 0.0142. The Hall–Kier alpha value is -2.42. The summed E-state index contributed by atoms with van der Waals surface area (Å²) in [4.78, 5) is 22.2. The van der Waals surface area contributed by atoms with Gasteiger partial charge in [-0.1, -0.05) is 60.9 Å². The Morgan fingerprint density at radius 2 is 1.77 bits per heavy atom. The largest absolute Gasteiger partial charge is 0.869 e. The van der Waals surface area contributed by atoms with Crippen molar-refractivity contribution in [1.29, 1.82) is 0 Å². The zero-order chi connectivity index (χ0) is 19.5. The van der Waals surface area contributed by atoms with Gasteiger partial charge in [-0.15, -0.1) is 0 Å². The smallest absolute Gasteiger partial charge is 0.231 e. The first-order valence-corrected chi connectivity index (χ1v) is 9.05. The Kier molecular flexibility index (Phi) is 6.01. The van der Waals surface area contributed by atoms with Crippen molar-refractivity contribution >= 4 is 6.08 Å². The minimum atomic E-state index is -0.913. The molecule has 0 heterocycles. The lowest BCUT2D eigenvalue weighted by Crippen LogP contribution is -2.36. The van der Waals surface area contributed by atoms with Crippen LogP contribution in [0.1, 0.15) is 59.4 Å². The Morgan fingerprint density at radius 1 is 1.08 bits per heavy atom. The van der Waals surface area contributed by atoms with Gasteiger partial charge < -0.3 is 5.11 Å². The summed E-state index contributed by atoms with van der Waals surface area (Å²) >= 11 is 0. The van der Waals surface area contributed by atoms with E-state index in [0.717, 1.165) is 11.1 Å². The van der Waals surface area contributed by atoms with Crippen LogP contribution in [0.5, 0.6) is 5.75 Å². The predicted molar refractivity (Wildman–Crippen MR) is 107 cm³/mol. The second-order valence-corrected chi connectivity index (χ2v) is 7.82. The summed E-state index contributed by atoms with van der Waals surface area (Å²) in [5.41, 5.74) is 3.40. The predicted octanol–water partition coefficient (Wildman–Crippen LogP) is 4.34. The lowest BCUT2D eigenvalue weighted by Gasteiger charge is -2.32. The molecular weight excluding hydrogens is 324 g/mol. The van der Waals surface area contributed by atoms with Crippen molar-refractivity contribution in [3.8, 4) is 5.75 Å². The first kappa shape index (κ1) is 19.9. The molecule has 0 amide bonds. The van der Waals surface area contributed by atoms with Crippen LogP contribution in [0.15, 0.2) is 62.3 Å². The summed E-state index contributed by atoms with van der Waals surface area (Å²) in [6.07, 6.45) is 15.2. The van der Waals surface area contributed by atoms with Crippen molar-refractivity contribution in [2.24, 2.45) is 5.41 Å². The second kappa shape index (κ2) is 7.86. The van der Waals surface area contributed by atoms with Gasteiger partial charge in [0.05, 0.1) is 0 Å². The maximum Gasteiger partial charge on any atom is 0.231 e. The van der Waals surface area contributed by atoms with E-state index >= 15 is 0 Å². The molecule has 0 aromatic heterocycles. The van der Waals surface area contributed by atoms with Gasteiger partial charge in [-0.2, -0.15) is 0 Å². The summed E-state index contributed by atoms with van der Waals surface area (Å²) < 4.78 is 0. The molecule has 1 aromatic carbocycles. The van der Waals surface area contributed by atoms with E-state index in [-0.39, 0.29) is 11.0 Å². The molecule has 0 saturated carbocycles. The molecule has 3 heteroatoms. The fourth-order valence-corrected chi connectivity index (χ4v) is 3.43. The zero-order valence-corrected chi connectivity index (χ0v) is 16.3. The molecule has 0 bridgehead atoms. The zero-order valence-electron chi connectivity index (χ0n) is 16.3. The molecular formula is C23H27O3-. The molecule has 0 unspecified atom stereocenters. The van der Waals surface area contributed by atoms with E-state index in [9.17, 15) is 14.7 Å². The highest BCUT2D eigenvalue weighted by Gasteiger charge is 2.26. The van der Waals surface area contributed by atoms with Crippen molar-refractivity contribution in [1.82, 2.24) is 0 Å². The normalized spacial score (nSPS) is 19.3. The topological polar surface area (TPSA) is 57.2 Å². The van der Waals surface area contributed by atoms with E-state index < -0.39 is 16.6 Å². The third-order valence-electron chi connectivity index (χ3n) is 5.05. The third-order valence-corrected chi connectivity index (χ3v) is 5.05. The maximum atomic E-state index is 11.3. The molecule has 0 radical (unpaired) electrons. The highest BCUT2D eigenvalue weighted by atomic mass is 16.3. The van der Waals surface area contributed by atoms with E-state index in [1.54, 1.807) is 6.92 Å². The lowest BCUT2D eigenvalue weighted by atomic mass is 9.72. The van der Waals surface area contributed by atoms with Crippen molar-refractivity contribution in [3.05, 3.63) is 78.7 Å². The Morgan fingerprint density at radius 3 is 2.38 bits per heavy atom. The van der Waals surface area contributed by atoms with Gasteiger partial charge in [0.2, 0.25) is 10.9 Å². The second-order valence-electron chi connectivity index (χ2n) is 7.82. The van der Waals surface area contributed by atoms with E-state index in [4.69, 9.17) is 0 Å². The van der Waals surface area contributed by atoms with Gasteiger partial charge in [0.1, 0.15) is 0 Å². The van der Waals surface area contributed by atoms with E-state index in [0.29, 0.717) is 0 Å². The van der Waals surface area contributed by atoms with Gasteiger partial charge in [-0.05, 0) is 62.8 Å². The molecule has 0 fully saturated rings. The highest BCUT2D eigenvalue weighted by Crippen LogP contribution is 2.40. The molecule has 3 nitrogen and oxygen atoms in total. The lowest BCUT2D eigenvalue weighted by molar-refractivity contribution is -0.272. The summed E-state index contributed by atoms with van der Waals surface area (Å²) in [5, 5.41) is 11.3. The monoisotopic (exact) mass is 351 g/mol. The number of hydrogen-bond acceptors (Lipinski definition) is 3. The van der Waals surface area contributed by atoms with Crippen LogP contribution < -0.4 is 16.0 Å². The Labute approximate surface area is 155 Å². The number of allylic oxidation sites excluding steroid dienone is 9. The first-order chi connectivity index (χ1) is 12.1. The van der Waals surface area contributed by atoms with Crippen molar-refractivity contribution in [3.63, 3.8) is 0 Å². The van der Waals surface area contributed by atoms with Crippen LogP contribution >= 0.6 is 0 Å². The molecule has 138 valence electrons. The van der Waals surface area contributed by atoms with Gasteiger partial charge >= 0.3 is 0 Å². The molecule has 2 rings (SSSR count). The van der Waals surface area contributed by atoms with Crippen molar-refractivity contribution < 1.29 is 5.11 Å². The molecule has 0 spiro atoms. The SMILES string of the molecule is CC1=C(/C=C/C(C)=C/C=C/C(C)=C/c2c([O-])c(=O)c2=O)C(C)(C)CCC1. The quantitative estimate of drug-likeness (QED) is 0.585.